The molecule has 0 fully saturated rings. The lowest BCUT2D eigenvalue weighted by Gasteiger charge is -2.28. The molecule has 16 nitrogen and oxygen atoms in total. The van der Waals surface area contributed by atoms with Crippen LogP contribution in [0, 0.1) is 0 Å². The number of nitrogens with zero attached hydrogens (tertiary/aromatic N) is 2. The molecule has 0 aliphatic heterocycles. The maximum atomic E-state index is 13.5. The summed E-state index contributed by atoms with van der Waals surface area (Å²) in [6.07, 6.45) is 50.3. The number of nitrogens with two attached hydrogens (primary N) is 4. The molecular weight excluding hydrogens is 1020 g/mol. The summed E-state index contributed by atoms with van der Waals surface area (Å²) in [6.45, 7) is 16.2. The highest BCUT2D eigenvalue weighted by atomic mass is 16.3. The first-order valence-electron chi connectivity index (χ1n) is 34.6. The van der Waals surface area contributed by atoms with Gasteiger partial charge >= 0.3 is 0 Å². The van der Waals surface area contributed by atoms with Gasteiger partial charge in [0.1, 0.15) is 0 Å². The molecule has 0 spiro atoms. The van der Waals surface area contributed by atoms with Gasteiger partial charge in [0.2, 0.25) is 11.8 Å². The van der Waals surface area contributed by atoms with Gasteiger partial charge in [-0.2, -0.15) is 0 Å². The van der Waals surface area contributed by atoms with Crippen LogP contribution in [-0.2, 0) is 9.59 Å². The van der Waals surface area contributed by atoms with Crippen LogP contribution in [0.1, 0.15) is 245 Å². The van der Waals surface area contributed by atoms with Gasteiger partial charge in [-0.15, -0.1) is 0 Å². The lowest BCUT2D eigenvalue weighted by Crippen LogP contribution is -2.48. The SMILES string of the molecule is CCCCCCCCC=CCCCCCCCCN(CCCCN(CCCCCCCCC=CCCCCCCCC)CC(O)CNC(=O)C(CCCNCCN)NCCCN)CC(O)CNC(=O)C(CCCNCCN)NCCCN. The first-order chi connectivity index (χ1) is 40.3. The molecule has 0 aromatic rings. The molecule has 82 heavy (non-hydrogen) atoms. The molecule has 4 atom stereocenters. The fraction of sp³-hybridized carbons (Fsp3) is 0.909. The molecule has 0 aliphatic carbocycles. The van der Waals surface area contributed by atoms with E-state index in [0.29, 0.717) is 65.2 Å². The number of nitrogens with one attached hydrogen (secondary N) is 6. The van der Waals surface area contributed by atoms with E-state index in [1.54, 1.807) is 0 Å². The minimum absolute atomic E-state index is 0.0797. The van der Waals surface area contributed by atoms with E-state index in [1.807, 2.05) is 0 Å². The number of aliphatic hydroxyl groups excluding tert-OH is 2. The van der Waals surface area contributed by atoms with E-state index in [2.05, 4.69) is 79.9 Å². The fourth-order valence-electron chi connectivity index (χ4n) is 10.6. The van der Waals surface area contributed by atoms with E-state index in [4.69, 9.17) is 22.9 Å². The van der Waals surface area contributed by atoms with E-state index < -0.39 is 12.2 Å². The highest BCUT2D eigenvalue weighted by Crippen LogP contribution is 2.14. The average Bonchev–Trinajstić information content (AvgIpc) is 3.47. The van der Waals surface area contributed by atoms with Crippen molar-refractivity contribution in [2.75, 3.05) is 118 Å². The Morgan fingerprint density at radius 1 is 0.378 bits per heavy atom. The van der Waals surface area contributed by atoms with Crippen LogP contribution >= 0.6 is 0 Å². The summed E-state index contributed by atoms with van der Waals surface area (Å²) in [5, 5.41) is 42.4. The van der Waals surface area contributed by atoms with Crippen LogP contribution in [0.3, 0.4) is 0 Å². The molecule has 0 radical (unpaired) electrons. The van der Waals surface area contributed by atoms with Crippen LogP contribution in [-0.4, -0.2) is 174 Å². The number of allylic oxidation sites excluding steroid dienone is 4. The summed E-state index contributed by atoms with van der Waals surface area (Å²) in [7, 11) is 0. The second-order valence-electron chi connectivity index (χ2n) is 23.6. The molecular formula is C66H138N12O4. The molecule has 0 aromatic carbocycles. The van der Waals surface area contributed by atoms with E-state index in [-0.39, 0.29) is 37.0 Å². The van der Waals surface area contributed by atoms with Crippen molar-refractivity contribution in [2.45, 2.75) is 269 Å². The minimum atomic E-state index is -0.689. The van der Waals surface area contributed by atoms with Crippen LogP contribution in [0.2, 0.25) is 0 Å². The molecule has 0 saturated carbocycles. The Morgan fingerprint density at radius 2 is 0.683 bits per heavy atom. The van der Waals surface area contributed by atoms with Crippen molar-refractivity contribution >= 4 is 11.8 Å². The van der Waals surface area contributed by atoms with Crippen molar-refractivity contribution < 1.29 is 19.8 Å². The van der Waals surface area contributed by atoms with Gasteiger partial charge in [-0.3, -0.25) is 9.59 Å². The molecule has 0 heterocycles. The second kappa shape index (κ2) is 64.9. The van der Waals surface area contributed by atoms with Crippen LogP contribution in [0.5, 0.6) is 0 Å². The maximum Gasteiger partial charge on any atom is 0.237 e. The van der Waals surface area contributed by atoms with Crippen LogP contribution in [0.15, 0.2) is 24.3 Å². The van der Waals surface area contributed by atoms with Crippen LogP contribution in [0.4, 0.5) is 0 Å². The third-order valence-corrected chi connectivity index (χ3v) is 15.6. The Balaban J connectivity index is 5.62. The summed E-state index contributed by atoms with van der Waals surface area (Å²) in [5.74, 6) is -0.159. The van der Waals surface area contributed by atoms with Crippen molar-refractivity contribution in [3.05, 3.63) is 24.3 Å². The largest absolute Gasteiger partial charge is 0.390 e. The van der Waals surface area contributed by atoms with Crippen molar-refractivity contribution in [1.29, 1.82) is 0 Å². The second-order valence-corrected chi connectivity index (χ2v) is 23.6. The highest BCUT2D eigenvalue weighted by Gasteiger charge is 2.21. The Kier molecular flexibility index (Phi) is 63.3. The maximum absolute atomic E-state index is 13.5. The van der Waals surface area contributed by atoms with Gasteiger partial charge < -0.3 is 74.8 Å². The molecule has 0 bridgehead atoms. The van der Waals surface area contributed by atoms with Crippen molar-refractivity contribution in [3.8, 4) is 0 Å². The van der Waals surface area contributed by atoms with Gasteiger partial charge in [0.15, 0.2) is 0 Å². The van der Waals surface area contributed by atoms with Gasteiger partial charge in [-0.05, 0) is 181 Å². The first kappa shape index (κ1) is 79.9. The van der Waals surface area contributed by atoms with Gasteiger partial charge in [-0.1, -0.05) is 154 Å². The summed E-state index contributed by atoms with van der Waals surface area (Å²) in [4.78, 5) is 31.7. The Bertz CT molecular complexity index is 1280. The lowest BCUT2D eigenvalue weighted by atomic mass is 10.1. The smallest absolute Gasteiger partial charge is 0.237 e. The molecule has 0 aromatic heterocycles. The Hall–Kier alpha value is -2.06. The van der Waals surface area contributed by atoms with Gasteiger partial charge in [-0.25, -0.2) is 0 Å². The molecule has 0 rings (SSSR count). The van der Waals surface area contributed by atoms with E-state index >= 15 is 0 Å². The summed E-state index contributed by atoms with van der Waals surface area (Å²) < 4.78 is 0. The number of rotatable bonds is 67. The first-order valence-corrected chi connectivity index (χ1v) is 34.6. The van der Waals surface area contributed by atoms with Crippen molar-refractivity contribution in [1.82, 2.24) is 41.7 Å². The van der Waals surface area contributed by atoms with Crippen LogP contribution in [0.25, 0.3) is 0 Å². The van der Waals surface area contributed by atoms with Crippen molar-refractivity contribution in [3.63, 3.8) is 0 Å². The van der Waals surface area contributed by atoms with Gasteiger partial charge in [0.05, 0.1) is 24.3 Å². The molecule has 0 aliphatic rings. The molecule has 4 unspecified atom stereocenters. The predicted molar refractivity (Wildman–Crippen MR) is 352 cm³/mol. The number of carbonyl (C=O) groups excluding carboxylic acids is 2. The van der Waals surface area contributed by atoms with E-state index in [1.165, 1.54) is 167 Å². The van der Waals surface area contributed by atoms with E-state index in [0.717, 1.165) is 104 Å². The van der Waals surface area contributed by atoms with E-state index in [9.17, 15) is 19.8 Å². The highest BCUT2D eigenvalue weighted by molar-refractivity contribution is 5.82. The molecule has 0 saturated heterocycles. The standard InChI is InChI=1S/C66H138N12O4/c1-3-5-7-9-11-13-15-17-19-21-23-25-27-29-31-33-53-77(59-61(79)57-75-65(81)63(73-49-39-43-67)41-37-47-71-51-45-69)55-35-36-56-78(54-34-32-30-28-26-24-22-20-18-16-14-12-10-8-6-4-2)60-62(80)58-76-66(82)64(74-50-40-44-68)42-38-48-72-52-46-70/h17-20,61-64,71-74,79-80H,3-16,21-60,67-70H2,1-2H3,(H,75,81)(H,76,82). The zero-order chi connectivity index (χ0) is 59.9. The summed E-state index contributed by atoms with van der Waals surface area (Å²) >= 11 is 0. The van der Waals surface area contributed by atoms with Gasteiger partial charge in [0, 0.05) is 52.4 Å². The number of aliphatic hydroxyl groups is 2. The van der Waals surface area contributed by atoms with Gasteiger partial charge in [0.25, 0.3) is 0 Å². The van der Waals surface area contributed by atoms with Crippen LogP contribution < -0.4 is 54.8 Å². The quantitative estimate of drug-likeness (QED) is 0.0201. The normalized spacial score (nSPS) is 13.5. The number of amides is 2. The number of hydrogen-bond donors (Lipinski definition) is 12. The third-order valence-electron chi connectivity index (χ3n) is 15.6. The molecule has 486 valence electrons. The number of carbonyl (C=O) groups is 2. The monoisotopic (exact) mass is 1160 g/mol. The molecule has 2 amide bonds. The summed E-state index contributed by atoms with van der Waals surface area (Å²) in [5.41, 5.74) is 22.8. The molecule has 16 heteroatoms. The summed E-state index contributed by atoms with van der Waals surface area (Å²) in [6, 6.07) is -0.685. The van der Waals surface area contributed by atoms with Crippen molar-refractivity contribution in [2.24, 2.45) is 22.9 Å². The minimum Gasteiger partial charge on any atom is -0.390 e. The fourth-order valence-corrected chi connectivity index (χ4v) is 10.6. The lowest BCUT2D eigenvalue weighted by molar-refractivity contribution is -0.124. The zero-order valence-electron chi connectivity index (χ0n) is 53.7. The topological polar surface area (TPSA) is 257 Å². The number of hydrogen-bond acceptors (Lipinski definition) is 14. The molecule has 16 N–H and O–H groups in total. The Labute approximate surface area is 505 Å². The number of unbranched alkanes of at least 4 members (excludes halogenated alkanes) is 25. The Morgan fingerprint density at radius 3 is 1.00 bits per heavy atom. The average molecular weight is 1160 g/mol. The third kappa shape index (κ3) is 55.8. The predicted octanol–water partition coefficient (Wildman–Crippen LogP) is 8.67. The zero-order valence-corrected chi connectivity index (χ0v) is 53.7.